The molecule has 0 saturated carbocycles. The quantitative estimate of drug-likeness (QED) is 0.643. The van der Waals surface area contributed by atoms with Crippen LogP contribution in [-0.2, 0) is 16.4 Å². The minimum atomic E-state index is -4.15. The SMILES string of the molecule is O=C(C1=CN(c2ccccc2)c2ccc(O)cc2S1(=O)=O)c1ccc(CO)cc1. The number of phenolic OH excluding ortho intramolecular Hbond substituents is 1. The van der Waals surface area contributed by atoms with Crippen molar-refractivity contribution in [2.24, 2.45) is 0 Å². The number of nitrogens with zero attached hydrogens (tertiary/aromatic N) is 1. The van der Waals surface area contributed by atoms with Gasteiger partial charge in [0.15, 0.2) is 0 Å². The molecule has 7 heteroatoms. The second-order valence-corrected chi connectivity index (χ2v) is 8.43. The van der Waals surface area contributed by atoms with Crippen molar-refractivity contribution in [1.82, 2.24) is 0 Å². The van der Waals surface area contributed by atoms with E-state index in [-0.39, 0.29) is 22.8 Å². The lowest BCUT2D eigenvalue weighted by molar-refractivity contribution is 0.104. The number of aliphatic hydroxyl groups excluding tert-OH is 1. The largest absolute Gasteiger partial charge is 0.508 e. The Morgan fingerprint density at radius 3 is 2.28 bits per heavy atom. The van der Waals surface area contributed by atoms with Gasteiger partial charge in [0.25, 0.3) is 0 Å². The molecular formula is C22H17NO5S. The predicted molar refractivity (Wildman–Crippen MR) is 109 cm³/mol. The molecule has 2 N–H and O–H groups in total. The van der Waals surface area contributed by atoms with Crippen molar-refractivity contribution in [3.05, 3.63) is 95.0 Å². The van der Waals surface area contributed by atoms with Gasteiger partial charge in [0.05, 0.1) is 17.2 Å². The zero-order valence-electron chi connectivity index (χ0n) is 15.2. The van der Waals surface area contributed by atoms with Crippen molar-refractivity contribution in [3.63, 3.8) is 0 Å². The van der Waals surface area contributed by atoms with E-state index in [2.05, 4.69) is 0 Å². The maximum Gasteiger partial charge on any atom is 0.214 e. The lowest BCUT2D eigenvalue weighted by Crippen LogP contribution is -2.25. The van der Waals surface area contributed by atoms with E-state index in [1.54, 1.807) is 29.2 Å². The maximum absolute atomic E-state index is 13.2. The summed E-state index contributed by atoms with van der Waals surface area (Å²) in [5.74, 6) is -0.870. The third-order valence-corrected chi connectivity index (χ3v) is 6.46. The number of rotatable bonds is 4. The highest BCUT2D eigenvalue weighted by atomic mass is 32.2. The molecule has 0 bridgehead atoms. The van der Waals surface area contributed by atoms with Crippen molar-refractivity contribution in [1.29, 1.82) is 0 Å². The summed E-state index contributed by atoms with van der Waals surface area (Å²) in [4.78, 5) is 14.2. The molecule has 0 radical (unpaired) electrons. The van der Waals surface area contributed by atoms with Gasteiger partial charge in [0.1, 0.15) is 10.7 Å². The van der Waals surface area contributed by atoms with Crippen molar-refractivity contribution >= 4 is 27.0 Å². The number of ketones is 1. The van der Waals surface area contributed by atoms with E-state index in [1.807, 2.05) is 18.2 Å². The number of allylic oxidation sites excluding steroid dienone is 1. The molecule has 29 heavy (non-hydrogen) atoms. The van der Waals surface area contributed by atoms with Crippen LogP contribution in [0.3, 0.4) is 0 Å². The number of hydrogen-bond donors (Lipinski definition) is 2. The van der Waals surface area contributed by atoms with E-state index in [1.165, 1.54) is 30.5 Å². The molecule has 0 amide bonds. The molecule has 0 saturated heterocycles. The number of benzene rings is 3. The number of fused-ring (bicyclic) bond motifs is 1. The fraction of sp³-hybridized carbons (Fsp3) is 0.0455. The highest BCUT2D eigenvalue weighted by Gasteiger charge is 2.36. The normalized spacial score (nSPS) is 14.8. The lowest BCUT2D eigenvalue weighted by atomic mass is 10.1. The second kappa shape index (κ2) is 7.20. The molecule has 146 valence electrons. The molecule has 1 heterocycles. The molecule has 0 aliphatic carbocycles. The van der Waals surface area contributed by atoms with Crippen LogP contribution in [0.1, 0.15) is 15.9 Å². The summed E-state index contributed by atoms with van der Waals surface area (Å²) in [6.07, 6.45) is 1.31. The van der Waals surface area contributed by atoms with Crippen LogP contribution >= 0.6 is 0 Å². The highest BCUT2D eigenvalue weighted by Crippen LogP contribution is 2.41. The van der Waals surface area contributed by atoms with E-state index in [0.717, 1.165) is 6.07 Å². The number of Topliss-reactive ketones (excluding diaryl/α,β-unsaturated/α-hetero) is 1. The Bertz CT molecular complexity index is 1220. The minimum absolute atomic E-state index is 0.140. The Labute approximate surface area is 167 Å². The van der Waals surface area contributed by atoms with Gasteiger partial charge in [-0.05, 0) is 29.8 Å². The topological polar surface area (TPSA) is 94.9 Å². The smallest absolute Gasteiger partial charge is 0.214 e. The van der Waals surface area contributed by atoms with Crippen molar-refractivity contribution < 1.29 is 23.4 Å². The molecule has 0 atom stereocenters. The highest BCUT2D eigenvalue weighted by molar-refractivity contribution is 7.96. The summed E-state index contributed by atoms with van der Waals surface area (Å²) in [6.45, 7) is -0.177. The molecular weight excluding hydrogens is 390 g/mol. The van der Waals surface area contributed by atoms with Gasteiger partial charge in [-0.2, -0.15) is 0 Å². The fourth-order valence-corrected chi connectivity index (χ4v) is 4.74. The Kier molecular flexibility index (Phi) is 4.70. The average Bonchev–Trinajstić information content (AvgIpc) is 2.74. The van der Waals surface area contributed by atoms with Crippen molar-refractivity contribution in [2.45, 2.75) is 11.5 Å². The van der Waals surface area contributed by atoms with Gasteiger partial charge in [0.2, 0.25) is 15.6 Å². The third kappa shape index (κ3) is 3.30. The third-order valence-electron chi connectivity index (χ3n) is 4.69. The van der Waals surface area contributed by atoms with Crippen LogP contribution < -0.4 is 4.90 Å². The average molecular weight is 407 g/mol. The molecule has 0 unspecified atom stereocenters. The van der Waals surface area contributed by atoms with E-state index < -0.39 is 20.5 Å². The van der Waals surface area contributed by atoms with E-state index >= 15 is 0 Å². The number of hydrogen-bond acceptors (Lipinski definition) is 6. The molecule has 3 aromatic carbocycles. The van der Waals surface area contributed by atoms with Gasteiger partial charge in [-0.25, -0.2) is 8.42 Å². The first kappa shape index (κ1) is 18.9. The van der Waals surface area contributed by atoms with Gasteiger partial charge >= 0.3 is 0 Å². The van der Waals surface area contributed by atoms with Crippen molar-refractivity contribution in [3.8, 4) is 5.75 Å². The number of sulfone groups is 1. The summed E-state index contributed by atoms with van der Waals surface area (Å²) in [5.41, 5.74) is 1.83. The zero-order valence-corrected chi connectivity index (χ0v) is 16.0. The van der Waals surface area contributed by atoms with E-state index in [0.29, 0.717) is 16.9 Å². The van der Waals surface area contributed by atoms with Crippen LogP contribution in [0, 0.1) is 0 Å². The van der Waals surface area contributed by atoms with Gasteiger partial charge in [0, 0.05) is 23.5 Å². The van der Waals surface area contributed by atoms with Crippen LogP contribution in [0.15, 0.2) is 88.8 Å². The van der Waals surface area contributed by atoms with Gasteiger partial charge < -0.3 is 15.1 Å². The fourth-order valence-electron chi connectivity index (χ4n) is 3.18. The first-order valence-corrected chi connectivity index (χ1v) is 10.3. The number of para-hydroxylation sites is 1. The maximum atomic E-state index is 13.2. The van der Waals surface area contributed by atoms with E-state index in [9.17, 15) is 23.4 Å². The molecule has 6 nitrogen and oxygen atoms in total. The molecule has 0 fully saturated rings. The van der Waals surface area contributed by atoms with Crippen LogP contribution in [0.2, 0.25) is 0 Å². The Morgan fingerprint density at radius 1 is 0.931 bits per heavy atom. The number of phenols is 1. The first-order valence-electron chi connectivity index (χ1n) is 8.80. The van der Waals surface area contributed by atoms with Crippen LogP contribution in [0.25, 0.3) is 0 Å². The molecule has 1 aliphatic rings. The van der Waals surface area contributed by atoms with Crippen molar-refractivity contribution in [2.75, 3.05) is 4.90 Å². The van der Waals surface area contributed by atoms with Gasteiger partial charge in [-0.15, -0.1) is 0 Å². The summed E-state index contributed by atoms with van der Waals surface area (Å²) in [7, 11) is -4.15. The summed E-state index contributed by atoms with van der Waals surface area (Å²) < 4.78 is 26.4. The number of anilines is 2. The number of aliphatic hydroxyl groups is 1. The summed E-state index contributed by atoms with van der Waals surface area (Å²) in [6, 6.07) is 19.2. The Hall–Kier alpha value is -3.42. The Morgan fingerprint density at radius 2 is 1.62 bits per heavy atom. The predicted octanol–water partition coefficient (Wildman–Crippen LogP) is 3.53. The number of aromatic hydroxyl groups is 1. The molecule has 0 aromatic heterocycles. The number of carbonyl (C=O) groups is 1. The second-order valence-electron chi connectivity index (χ2n) is 6.54. The van der Waals surface area contributed by atoms with Gasteiger partial charge in [-0.1, -0.05) is 42.5 Å². The molecule has 1 aliphatic heterocycles. The van der Waals surface area contributed by atoms with Gasteiger partial charge in [-0.3, -0.25) is 4.79 Å². The molecule has 0 spiro atoms. The summed E-state index contributed by atoms with van der Waals surface area (Å²) in [5, 5.41) is 19.0. The minimum Gasteiger partial charge on any atom is -0.508 e. The molecule has 3 aromatic rings. The van der Waals surface area contributed by atoms with Crippen LogP contribution in [0.4, 0.5) is 11.4 Å². The first-order chi connectivity index (χ1) is 13.9. The standard InChI is InChI=1S/C22H17NO5S/c24-14-15-6-8-16(9-7-15)22(26)21-13-23(17-4-2-1-3-5-17)19-11-10-18(25)12-20(19)29(21,27)28/h1-13,24-25H,14H2. The lowest BCUT2D eigenvalue weighted by Gasteiger charge is -2.29. The summed E-state index contributed by atoms with van der Waals surface area (Å²) >= 11 is 0. The van der Waals surface area contributed by atoms with E-state index in [4.69, 9.17) is 0 Å². The van der Waals surface area contributed by atoms with Crippen LogP contribution in [0.5, 0.6) is 5.75 Å². The Balaban J connectivity index is 1.90. The zero-order chi connectivity index (χ0) is 20.6. The van der Waals surface area contributed by atoms with Crippen LogP contribution in [-0.4, -0.2) is 24.4 Å². The molecule has 4 rings (SSSR count). The monoisotopic (exact) mass is 407 g/mol. The number of carbonyl (C=O) groups excluding carboxylic acids is 1.